The first kappa shape index (κ1) is 16.5. The third kappa shape index (κ3) is 3.37. The Kier molecular flexibility index (Phi) is 4.76. The van der Waals surface area contributed by atoms with E-state index in [1.807, 2.05) is 23.5 Å². The van der Waals surface area contributed by atoms with E-state index in [1.165, 1.54) is 32.0 Å². The van der Waals surface area contributed by atoms with Crippen LogP contribution in [0.3, 0.4) is 0 Å². The Morgan fingerprint density at radius 1 is 0.577 bits per heavy atom. The van der Waals surface area contributed by atoms with Gasteiger partial charge in [0.05, 0.1) is 7.11 Å². The number of hydrogen-bond donors (Lipinski definition) is 0. The molecule has 0 saturated heterocycles. The first-order chi connectivity index (χ1) is 12.8. The maximum atomic E-state index is 5.30. The Bertz CT molecular complexity index is 993. The lowest BCUT2D eigenvalue weighted by atomic mass is 10.0. The molecule has 0 fully saturated rings. The van der Waals surface area contributed by atoms with Crippen molar-refractivity contribution in [1.82, 2.24) is 0 Å². The van der Waals surface area contributed by atoms with Crippen LogP contribution in [-0.4, -0.2) is 7.11 Å². The minimum absolute atomic E-state index is 0.875. The Hall–Kier alpha value is -2.97. The summed E-state index contributed by atoms with van der Waals surface area (Å²) < 4.78 is 5.30. The van der Waals surface area contributed by atoms with E-state index in [2.05, 4.69) is 84.9 Å². The van der Waals surface area contributed by atoms with Gasteiger partial charge in [0, 0.05) is 22.8 Å². The minimum Gasteiger partial charge on any atom is -0.497 e. The highest BCUT2D eigenvalue weighted by Gasteiger charge is 2.21. The quantitative estimate of drug-likeness (QED) is 0.357. The number of methoxy groups -OCH3 is 1. The molecule has 1 aromatic heterocycles. The predicted octanol–water partition coefficient (Wildman–Crippen LogP) is 7.04. The maximum Gasteiger partial charge on any atom is 0.246 e. The van der Waals surface area contributed by atoms with Crippen LogP contribution in [0, 0.1) is 0 Å². The third-order valence-corrected chi connectivity index (χ3v) is 5.60. The van der Waals surface area contributed by atoms with E-state index in [0.29, 0.717) is 0 Å². The van der Waals surface area contributed by atoms with E-state index in [4.69, 9.17) is 4.74 Å². The van der Waals surface area contributed by atoms with E-state index in [0.717, 1.165) is 5.75 Å². The summed E-state index contributed by atoms with van der Waals surface area (Å²) in [4.78, 5) is 2.54. The lowest BCUT2D eigenvalue weighted by Gasteiger charge is -2.05. The van der Waals surface area contributed by atoms with Gasteiger partial charge in [0.15, 0.2) is 0 Å². The SMILES string of the molecule is COc1ccc(-c2ccc(-c3ccccc3)[s+]c2-c2ccccc2)cc1. The van der Waals surface area contributed by atoms with Crippen molar-refractivity contribution in [2.75, 3.05) is 7.11 Å². The molecule has 26 heavy (non-hydrogen) atoms. The summed E-state index contributed by atoms with van der Waals surface area (Å²) in [6, 6.07) is 33.8. The lowest BCUT2D eigenvalue weighted by Crippen LogP contribution is -1.86. The van der Waals surface area contributed by atoms with Crippen molar-refractivity contribution >= 4 is 11.3 Å². The van der Waals surface area contributed by atoms with Gasteiger partial charge in [-0.1, -0.05) is 48.5 Å². The van der Waals surface area contributed by atoms with Crippen LogP contribution in [0.2, 0.25) is 0 Å². The van der Waals surface area contributed by atoms with Crippen LogP contribution in [0.5, 0.6) is 5.75 Å². The van der Waals surface area contributed by atoms with Crippen molar-refractivity contribution in [3.05, 3.63) is 97.1 Å². The fourth-order valence-corrected chi connectivity index (χ4v) is 4.15. The smallest absolute Gasteiger partial charge is 0.246 e. The van der Waals surface area contributed by atoms with Gasteiger partial charge in [-0.05, 0) is 48.0 Å². The van der Waals surface area contributed by atoms with Gasteiger partial charge in [0.25, 0.3) is 0 Å². The van der Waals surface area contributed by atoms with Crippen molar-refractivity contribution in [1.29, 1.82) is 0 Å². The molecule has 0 radical (unpaired) electrons. The topological polar surface area (TPSA) is 9.23 Å². The van der Waals surface area contributed by atoms with E-state index in [1.54, 1.807) is 7.11 Å². The van der Waals surface area contributed by atoms with Crippen LogP contribution >= 0.6 is 11.3 Å². The zero-order valence-electron chi connectivity index (χ0n) is 14.6. The summed E-state index contributed by atoms with van der Waals surface area (Å²) in [5.74, 6) is 0.875. The highest BCUT2D eigenvalue weighted by atomic mass is 32.1. The molecule has 0 aliphatic heterocycles. The highest BCUT2D eigenvalue weighted by molar-refractivity contribution is 7.18. The highest BCUT2D eigenvalue weighted by Crippen LogP contribution is 2.40. The second-order valence-corrected chi connectivity index (χ2v) is 7.06. The van der Waals surface area contributed by atoms with Gasteiger partial charge in [-0.3, -0.25) is 0 Å². The van der Waals surface area contributed by atoms with Crippen molar-refractivity contribution in [3.63, 3.8) is 0 Å². The molecule has 0 amide bonds. The van der Waals surface area contributed by atoms with Crippen LogP contribution in [0.4, 0.5) is 0 Å². The fraction of sp³-hybridized carbons (Fsp3) is 0.0417. The molecule has 3 aromatic carbocycles. The summed E-state index contributed by atoms with van der Waals surface area (Å²) in [5, 5.41) is 0. The zero-order valence-corrected chi connectivity index (χ0v) is 15.4. The summed E-state index contributed by atoms with van der Waals surface area (Å²) in [7, 11) is 1.70. The molecule has 1 nitrogen and oxygen atoms in total. The average Bonchev–Trinajstić information content (AvgIpc) is 2.75. The first-order valence-corrected chi connectivity index (χ1v) is 9.39. The zero-order chi connectivity index (χ0) is 17.8. The molecule has 126 valence electrons. The molecule has 0 spiro atoms. The van der Waals surface area contributed by atoms with E-state index >= 15 is 0 Å². The summed E-state index contributed by atoms with van der Waals surface area (Å²) in [5.41, 5.74) is 4.92. The van der Waals surface area contributed by atoms with Crippen LogP contribution < -0.4 is 4.74 Å². The summed E-state index contributed by atoms with van der Waals surface area (Å²) in [6.07, 6.45) is 0. The molecule has 4 aromatic rings. The van der Waals surface area contributed by atoms with Crippen molar-refractivity contribution in [3.8, 4) is 37.8 Å². The first-order valence-electron chi connectivity index (χ1n) is 8.57. The molecular weight excluding hydrogens is 336 g/mol. The van der Waals surface area contributed by atoms with Gasteiger partial charge in [-0.15, -0.1) is 0 Å². The minimum atomic E-state index is 0.875. The maximum absolute atomic E-state index is 5.30. The molecule has 1 heterocycles. The molecule has 0 aliphatic rings. The van der Waals surface area contributed by atoms with E-state index in [9.17, 15) is 0 Å². The van der Waals surface area contributed by atoms with Crippen LogP contribution in [-0.2, 0) is 0 Å². The third-order valence-electron chi connectivity index (χ3n) is 4.35. The second-order valence-electron chi connectivity index (χ2n) is 6.00. The molecule has 4 rings (SSSR count). The van der Waals surface area contributed by atoms with Gasteiger partial charge < -0.3 is 4.74 Å². The lowest BCUT2D eigenvalue weighted by molar-refractivity contribution is 0.415. The van der Waals surface area contributed by atoms with E-state index in [-0.39, 0.29) is 0 Å². The van der Waals surface area contributed by atoms with Crippen molar-refractivity contribution in [2.24, 2.45) is 0 Å². The fourth-order valence-electron chi connectivity index (χ4n) is 2.99. The average molecular weight is 355 g/mol. The standard InChI is InChI=1S/C24H19OS/c1-25-21-14-12-18(13-15-21)22-16-17-23(19-8-4-2-5-9-19)26-24(22)20-10-6-3-7-11-20/h2-17H,1H3/q+1. The van der Waals surface area contributed by atoms with Crippen LogP contribution in [0.25, 0.3) is 32.0 Å². The number of hydrogen-bond acceptors (Lipinski definition) is 1. The molecule has 0 saturated carbocycles. The Labute approximate surface area is 158 Å². The van der Waals surface area contributed by atoms with Gasteiger partial charge in [0.2, 0.25) is 21.1 Å². The monoisotopic (exact) mass is 355 g/mol. The molecule has 0 atom stereocenters. The van der Waals surface area contributed by atoms with Crippen molar-refractivity contribution < 1.29 is 4.74 Å². The molecule has 0 unspecified atom stereocenters. The molecular formula is C24H19OS+. The number of rotatable bonds is 4. The largest absolute Gasteiger partial charge is 0.497 e. The summed E-state index contributed by atoms with van der Waals surface area (Å²) in [6.45, 7) is 0. The molecule has 0 bridgehead atoms. The van der Waals surface area contributed by atoms with Gasteiger partial charge in [-0.25, -0.2) is 0 Å². The Balaban J connectivity index is 1.88. The molecule has 0 aliphatic carbocycles. The van der Waals surface area contributed by atoms with Gasteiger partial charge in [0.1, 0.15) is 5.75 Å². The van der Waals surface area contributed by atoms with E-state index < -0.39 is 0 Å². The Morgan fingerprint density at radius 3 is 1.81 bits per heavy atom. The molecule has 2 heteroatoms. The Morgan fingerprint density at radius 2 is 1.19 bits per heavy atom. The van der Waals surface area contributed by atoms with Gasteiger partial charge in [-0.2, -0.15) is 0 Å². The predicted molar refractivity (Wildman–Crippen MR) is 112 cm³/mol. The van der Waals surface area contributed by atoms with Gasteiger partial charge >= 0.3 is 0 Å². The summed E-state index contributed by atoms with van der Waals surface area (Å²) >= 11 is 1.83. The second kappa shape index (κ2) is 7.51. The number of benzene rings is 3. The normalized spacial score (nSPS) is 10.5. The van der Waals surface area contributed by atoms with Crippen LogP contribution in [0.1, 0.15) is 0 Å². The number of ether oxygens (including phenoxy) is 1. The van der Waals surface area contributed by atoms with Crippen LogP contribution in [0.15, 0.2) is 97.1 Å². The van der Waals surface area contributed by atoms with Crippen molar-refractivity contribution in [2.45, 2.75) is 0 Å². The molecule has 0 N–H and O–H groups in total.